The van der Waals surface area contributed by atoms with Crippen LogP contribution in [0.3, 0.4) is 0 Å². The molecule has 0 unspecified atom stereocenters. The number of carbonyl (C=O) groups is 1. The van der Waals surface area contributed by atoms with Crippen LogP contribution in [0.2, 0.25) is 0 Å². The highest BCUT2D eigenvalue weighted by atomic mass is 19.4. The number of carbonyl (C=O) groups excluding carboxylic acids is 1. The van der Waals surface area contributed by atoms with Crippen LogP contribution in [0, 0.1) is 0 Å². The van der Waals surface area contributed by atoms with Gasteiger partial charge in [-0.15, -0.1) is 0 Å². The molecule has 1 rings (SSSR count). The van der Waals surface area contributed by atoms with E-state index in [9.17, 15) is 18.0 Å². The summed E-state index contributed by atoms with van der Waals surface area (Å²) >= 11 is 0. The third-order valence-corrected chi connectivity index (χ3v) is 2.43. The molecule has 0 radical (unpaired) electrons. The molecule has 0 bridgehead atoms. The third-order valence-electron chi connectivity index (χ3n) is 2.43. The fourth-order valence-electron chi connectivity index (χ4n) is 1.54. The minimum Gasteiger partial charge on any atom is -0.496 e. The molecule has 0 aliphatic heterocycles. The van der Waals surface area contributed by atoms with Crippen LogP contribution in [0.15, 0.2) is 18.2 Å². The highest BCUT2D eigenvalue weighted by Gasteiger charge is 2.26. The number of amides is 1. The lowest BCUT2D eigenvalue weighted by Crippen LogP contribution is -2.26. The van der Waals surface area contributed by atoms with Gasteiger partial charge < -0.3 is 15.8 Å². The molecule has 0 aliphatic rings. The number of nitrogen functional groups attached to an aromatic ring is 1. The van der Waals surface area contributed by atoms with Crippen molar-refractivity contribution in [1.82, 2.24) is 5.32 Å². The Hall–Kier alpha value is -1.92. The molecule has 4 nitrogen and oxygen atoms in total. The van der Waals surface area contributed by atoms with Crippen LogP contribution in [0.25, 0.3) is 0 Å². The van der Waals surface area contributed by atoms with E-state index in [1.54, 1.807) is 12.1 Å². The Morgan fingerprint density at radius 1 is 1.42 bits per heavy atom. The van der Waals surface area contributed by atoms with Crippen molar-refractivity contribution in [3.05, 3.63) is 23.8 Å². The van der Waals surface area contributed by atoms with Crippen LogP contribution in [0.1, 0.15) is 23.2 Å². The number of methoxy groups -OCH3 is 1. The zero-order valence-corrected chi connectivity index (χ0v) is 10.4. The first-order valence-electron chi connectivity index (χ1n) is 5.62. The number of alkyl halides is 3. The number of ether oxygens (including phenoxy) is 1. The van der Waals surface area contributed by atoms with Crippen molar-refractivity contribution in [1.29, 1.82) is 0 Å². The summed E-state index contributed by atoms with van der Waals surface area (Å²) in [6.45, 7) is -0.0736. The van der Waals surface area contributed by atoms with Gasteiger partial charge in [0, 0.05) is 18.7 Å². The largest absolute Gasteiger partial charge is 0.496 e. The average Bonchev–Trinajstić information content (AvgIpc) is 2.32. The summed E-state index contributed by atoms with van der Waals surface area (Å²) in [6, 6.07) is 4.70. The van der Waals surface area contributed by atoms with Crippen LogP contribution in [0.5, 0.6) is 5.75 Å². The van der Waals surface area contributed by atoms with Gasteiger partial charge in [-0.3, -0.25) is 4.79 Å². The normalized spacial score (nSPS) is 11.2. The van der Waals surface area contributed by atoms with Crippen LogP contribution >= 0.6 is 0 Å². The number of anilines is 1. The van der Waals surface area contributed by atoms with E-state index >= 15 is 0 Å². The van der Waals surface area contributed by atoms with Crippen molar-refractivity contribution >= 4 is 11.6 Å². The highest BCUT2D eigenvalue weighted by Crippen LogP contribution is 2.24. The lowest BCUT2D eigenvalue weighted by atomic mass is 10.1. The number of hydrogen-bond acceptors (Lipinski definition) is 3. The Bertz CT molecular complexity index is 447. The molecule has 19 heavy (non-hydrogen) atoms. The van der Waals surface area contributed by atoms with Gasteiger partial charge in [0.15, 0.2) is 0 Å². The zero-order chi connectivity index (χ0) is 14.5. The van der Waals surface area contributed by atoms with Crippen molar-refractivity contribution in [2.24, 2.45) is 0 Å². The quantitative estimate of drug-likeness (QED) is 0.641. The van der Waals surface area contributed by atoms with Crippen molar-refractivity contribution in [3.63, 3.8) is 0 Å². The molecule has 0 spiro atoms. The van der Waals surface area contributed by atoms with Crippen molar-refractivity contribution in [2.45, 2.75) is 19.0 Å². The molecule has 0 saturated carbocycles. The molecule has 0 atom stereocenters. The van der Waals surface area contributed by atoms with Gasteiger partial charge in [-0.25, -0.2) is 0 Å². The minimum absolute atomic E-state index is 0.0736. The fraction of sp³-hybridized carbons (Fsp3) is 0.417. The van der Waals surface area contributed by atoms with Crippen molar-refractivity contribution < 1.29 is 22.7 Å². The number of rotatable bonds is 5. The number of nitrogens with one attached hydrogen (secondary N) is 1. The van der Waals surface area contributed by atoms with Crippen LogP contribution in [-0.4, -0.2) is 25.7 Å². The Morgan fingerprint density at radius 3 is 2.68 bits per heavy atom. The van der Waals surface area contributed by atoms with Crippen LogP contribution in [-0.2, 0) is 0 Å². The molecular formula is C12H15F3N2O2. The monoisotopic (exact) mass is 276 g/mol. The molecule has 0 aromatic heterocycles. The maximum atomic E-state index is 11.9. The van der Waals surface area contributed by atoms with E-state index in [2.05, 4.69) is 5.32 Å². The highest BCUT2D eigenvalue weighted by molar-refractivity contribution is 6.01. The fourth-order valence-corrected chi connectivity index (χ4v) is 1.54. The van der Waals surface area contributed by atoms with Crippen molar-refractivity contribution in [3.8, 4) is 5.75 Å². The molecule has 106 valence electrons. The summed E-state index contributed by atoms with van der Waals surface area (Å²) in [5.41, 5.74) is 6.00. The summed E-state index contributed by atoms with van der Waals surface area (Å²) in [4.78, 5) is 11.8. The SMILES string of the molecule is COc1cccc(N)c1C(=O)NCCCC(F)(F)F. The van der Waals surface area contributed by atoms with E-state index in [0.29, 0.717) is 0 Å². The molecular weight excluding hydrogens is 261 g/mol. The predicted octanol–water partition coefficient (Wildman–Crippen LogP) is 2.35. The number of hydrogen-bond donors (Lipinski definition) is 2. The second-order valence-electron chi connectivity index (χ2n) is 3.90. The Labute approximate surface area is 108 Å². The van der Waals surface area contributed by atoms with Gasteiger partial charge in [0.1, 0.15) is 11.3 Å². The van der Waals surface area contributed by atoms with E-state index in [4.69, 9.17) is 10.5 Å². The molecule has 7 heteroatoms. The molecule has 3 N–H and O–H groups in total. The molecule has 1 aromatic rings. The van der Waals surface area contributed by atoms with E-state index < -0.39 is 18.5 Å². The molecule has 0 aliphatic carbocycles. The smallest absolute Gasteiger partial charge is 0.389 e. The Balaban J connectivity index is 2.59. The Kier molecular flexibility index (Phi) is 5.02. The Morgan fingerprint density at radius 2 is 2.11 bits per heavy atom. The summed E-state index contributed by atoms with van der Waals surface area (Å²) < 4.78 is 40.8. The van der Waals surface area contributed by atoms with E-state index in [1.807, 2.05) is 0 Å². The number of benzene rings is 1. The first kappa shape index (κ1) is 15.1. The minimum atomic E-state index is -4.21. The third kappa shape index (κ3) is 4.69. The summed E-state index contributed by atoms with van der Waals surface area (Å²) in [7, 11) is 1.38. The summed E-state index contributed by atoms with van der Waals surface area (Å²) in [5, 5.41) is 2.39. The molecule has 0 heterocycles. The van der Waals surface area contributed by atoms with Gasteiger partial charge in [0.25, 0.3) is 5.91 Å². The predicted molar refractivity (Wildman–Crippen MR) is 65.0 cm³/mol. The summed E-state index contributed by atoms with van der Waals surface area (Å²) in [5.74, 6) is -0.259. The topological polar surface area (TPSA) is 64.3 Å². The van der Waals surface area contributed by atoms with E-state index in [1.165, 1.54) is 13.2 Å². The van der Waals surface area contributed by atoms with Crippen LogP contribution in [0.4, 0.5) is 18.9 Å². The van der Waals surface area contributed by atoms with Gasteiger partial charge >= 0.3 is 6.18 Å². The molecule has 0 fully saturated rings. The van der Waals surface area contributed by atoms with Gasteiger partial charge in [-0.2, -0.15) is 13.2 Å². The molecule has 1 amide bonds. The maximum Gasteiger partial charge on any atom is 0.389 e. The molecule has 0 saturated heterocycles. The van der Waals surface area contributed by atoms with E-state index in [0.717, 1.165) is 0 Å². The second-order valence-corrected chi connectivity index (χ2v) is 3.90. The lowest BCUT2D eigenvalue weighted by Gasteiger charge is -2.12. The molecule has 1 aromatic carbocycles. The van der Waals surface area contributed by atoms with Gasteiger partial charge in [0.2, 0.25) is 0 Å². The zero-order valence-electron chi connectivity index (χ0n) is 10.4. The summed E-state index contributed by atoms with van der Waals surface area (Å²) in [6.07, 6.45) is -5.33. The van der Waals surface area contributed by atoms with Gasteiger partial charge in [-0.05, 0) is 18.6 Å². The number of halogens is 3. The van der Waals surface area contributed by atoms with Gasteiger partial charge in [0.05, 0.1) is 7.11 Å². The van der Waals surface area contributed by atoms with Crippen molar-refractivity contribution in [2.75, 3.05) is 19.4 Å². The first-order chi connectivity index (χ1) is 8.85. The maximum absolute atomic E-state index is 11.9. The van der Waals surface area contributed by atoms with Gasteiger partial charge in [-0.1, -0.05) is 6.07 Å². The van der Waals surface area contributed by atoms with E-state index in [-0.39, 0.29) is 30.0 Å². The van der Waals surface area contributed by atoms with Crippen LogP contribution < -0.4 is 15.8 Å². The second kappa shape index (κ2) is 6.31. The lowest BCUT2D eigenvalue weighted by molar-refractivity contribution is -0.135. The standard InChI is InChI=1S/C12H15F3N2O2/c1-19-9-5-2-4-8(16)10(9)11(18)17-7-3-6-12(13,14)15/h2,4-5H,3,6-7,16H2,1H3,(H,17,18). The average molecular weight is 276 g/mol. The first-order valence-corrected chi connectivity index (χ1v) is 5.62. The number of nitrogens with two attached hydrogens (primary N) is 1.